The van der Waals surface area contributed by atoms with Crippen LogP contribution in [0.2, 0.25) is 0 Å². The van der Waals surface area contributed by atoms with Gasteiger partial charge in [-0.1, -0.05) is 6.92 Å². The molecule has 0 aromatic carbocycles. The van der Waals surface area contributed by atoms with E-state index < -0.39 is 0 Å². The highest BCUT2D eigenvalue weighted by molar-refractivity contribution is 8.07. The fourth-order valence-electron chi connectivity index (χ4n) is 2.13. The van der Waals surface area contributed by atoms with E-state index in [1.807, 2.05) is 34.4 Å². The number of thioether (sulfide) groups is 2. The first kappa shape index (κ1) is 13.3. The Morgan fingerprint density at radius 2 is 2.24 bits per heavy atom. The molecule has 2 heterocycles. The molecular weight excluding hydrogens is 252 g/mol. The van der Waals surface area contributed by atoms with Crippen molar-refractivity contribution >= 4 is 23.5 Å². The van der Waals surface area contributed by atoms with Crippen molar-refractivity contribution in [3.05, 3.63) is 18.0 Å². The van der Waals surface area contributed by atoms with Crippen LogP contribution in [0.15, 0.2) is 12.4 Å². The van der Waals surface area contributed by atoms with Crippen molar-refractivity contribution in [2.24, 2.45) is 0 Å². The Kier molecular flexibility index (Phi) is 4.82. The van der Waals surface area contributed by atoms with Crippen LogP contribution in [0.4, 0.5) is 0 Å². The normalized spacial score (nSPS) is 27.0. The summed E-state index contributed by atoms with van der Waals surface area (Å²) >= 11 is 3.91. The second-order valence-electron chi connectivity index (χ2n) is 4.23. The second-order valence-corrected chi connectivity index (χ2v) is 6.86. The average molecular weight is 272 g/mol. The van der Waals surface area contributed by atoms with E-state index in [0.29, 0.717) is 10.5 Å². The lowest BCUT2D eigenvalue weighted by molar-refractivity contribution is 0.172. The van der Waals surface area contributed by atoms with Crippen LogP contribution in [0.1, 0.15) is 31.9 Å². The Morgan fingerprint density at radius 1 is 1.47 bits per heavy atom. The first-order valence-corrected chi connectivity index (χ1v) is 8.29. The first-order valence-electron chi connectivity index (χ1n) is 6.19. The lowest BCUT2D eigenvalue weighted by Crippen LogP contribution is -2.30. The van der Waals surface area contributed by atoms with E-state index >= 15 is 0 Å². The van der Waals surface area contributed by atoms with Crippen molar-refractivity contribution in [3.63, 3.8) is 0 Å². The van der Waals surface area contributed by atoms with Gasteiger partial charge in [0.2, 0.25) is 0 Å². The maximum atomic E-state index is 10.5. The minimum atomic E-state index is -0.377. The van der Waals surface area contributed by atoms with E-state index in [1.54, 1.807) is 6.20 Å². The third-order valence-corrected chi connectivity index (χ3v) is 6.46. The topological polar surface area (TPSA) is 38.1 Å². The van der Waals surface area contributed by atoms with Gasteiger partial charge in [0.15, 0.2) is 0 Å². The minimum Gasteiger partial charge on any atom is -0.387 e. The average Bonchev–Trinajstić information content (AvgIpc) is 2.86. The zero-order valence-corrected chi connectivity index (χ0v) is 12.0. The quantitative estimate of drug-likeness (QED) is 0.914. The molecule has 0 amide bonds. The van der Waals surface area contributed by atoms with Crippen molar-refractivity contribution in [1.82, 2.24) is 9.78 Å². The molecule has 2 rings (SSSR count). The van der Waals surface area contributed by atoms with E-state index in [-0.39, 0.29) is 6.10 Å². The van der Waals surface area contributed by atoms with Gasteiger partial charge in [0.25, 0.3) is 0 Å². The third-order valence-electron chi connectivity index (χ3n) is 3.12. The summed E-state index contributed by atoms with van der Waals surface area (Å²) in [5.41, 5.74) is 0.963. The van der Waals surface area contributed by atoms with Crippen LogP contribution in [-0.2, 0) is 6.54 Å². The Balaban J connectivity index is 2.09. The predicted molar refractivity (Wildman–Crippen MR) is 75.6 cm³/mol. The van der Waals surface area contributed by atoms with Crippen LogP contribution in [0.5, 0.6) is 0 Å². The van der Waals surface area contributed by atoms with Crippen LogP contribution < -0.4 is 0 Å². The summed E-state index contributed by atoms with van der Waals surface area (Å²) < 4.78 is 1.88. The molecule has 0 radical (unpaired) electrons. The number of aliphatic hydroxyl groups is 1. The second kappa shape index (κ2) is 6.16. The van der Waals surface area contributed by atoms with Gasteiger partial charge in [-0.05, 0) is 13.3 Å². The number of rotatable bonds is 4. The molecule has 1 aromatic heterocycles. The van der Waals surface area contributed by atoms with E-state index in [9.17, 15) is 5.11 Å². The maximum absolute atomic E-state index is 10.5. The van der Waals surface area contributed by atoms with E-state index in [0.717, 1.165) is 24.3 Å². The largest absolute Gasteiger partial charge is 0.387 e. The Morgan fingerprint density at radius 3 is 2.88 bits per heavy atom. The van der Waals surface area contributed by atoms with Gasteiger partial charge in [-0.15, -0.1) is 0 Å². The third kappa shape index (κ3) is 3.01. The minimum absolute atomic E-state index is 0.313. The standard InChI is InChI=1S/C12H20N2OS2/c1-3-10-12(17-6-5-16-10)11(15)9-7-13-14(4-2)8-9/h7-8,10-12,15H,3-6H2,1-2H3. The Hall–Kier alpha value is -0.130. The fraction of sp³-hybridized carbons (Fsp3) is 0.750. The summed E-state index contributed by atoms with van der Waals surface area (Å²) in [5, 5.41) is 15.6. The van der Waals surface area contributed by atoms with E-state index in [1.165, 1.54) is 5.75 Å². The summed E-state index contributed by atoms with van der Waals surface area (Å²) in [6.45, 7) is 5.12. The molecule has 5 heteroatoms. The summed E-state index contributed by atoms with van der Waals surface area (Å²) in [4.78, 5) is 0. The molecule has 1 aliphatic rings. The molecule has 3 nitrogen and oxygen atoms in total. The molecule has 1 saturated heterocycles. The predicted octanol–water partition coefficient (Wildman–Crippen LogP) is 2.56. The Bertz CT molecular complexity index is 356. The molecule has 3 unspecified atom stereocenters. The van der Waals surface area contributed by atoms with Gasteiger partial charge < -0.3 is 5.11 Å². The molecule has 0 aliphatic carbocycles. The Labute approximate surface area is 111 Å². The highest BCUT2D eigenvalue weighted by atomic mass is 32.2. The van der Waals surface area contributed by atoms with Crippen molar-refractivity contribution in [1.29, 1.82) is 0 Å². The molecule has 0 saturated carbocycles. The maximum Gasteiger partial charge on any atom is 0.0949 e. The summed E-state index contributed by atoms with van der Waals surface area (Å²) in [6.07, 6.45) is 4.53. The number of aromatic nitrogens is 2. The number of hydrogen-bond donors (Lipinski definition) is 1. The lowest BCUT2D eigenvalue weighted by atomic mass is 10.1. The molecule has 3 atom stereocenters. The summed E-state index contributed by atoms with van der Waals surface area (Å²) in [6, 6.07) is 0. The van der Waals surface area contributed by atoms with Gasteiger partial charge in [0.05, 0.1) is 12.3 Å². The van der Waals surface area contributed by atoms with Crippen molar-refractivity contribution < 1.29 is 5.11 Å². The van der Waals surface area contributed by atoms with Crippen molar-refractivity contribution in [3.8, 4) is 0 Å². The zero-order valence-electron chi connectivity index (χ0n) is 10.4. The molecule has 96 valence electrons. The highest BCUT2D eigenvalue weighted by Gasteiger charge is 2.32. The van der Waals surface area contributed by atoms with Crippen LogP contribution in [0.25, 0.3) is 0 Å². The fourth-order valence-corrected chi connectivity index (χ4v) is 5.26. The number of aryl methyl sites for hydroxylation is 1. The summed E-state index contributed by atoms with van der Waals surface area (Å²) in [5.74, 6) is 2.35. The molecule has 1 aliphatic heterocycles. The van der Waals surface area contributed by atoms with Gasteiger partial charge in [-0.25, -0.2) is 0 Å². The monoisotopic (exact) mass is 272 g/mol. The van der Waals surface area contributed by atoms with Crippen molar-refractivity contribution in [2.75, 3.05) is 11.5 Å². The number of aliphatic hydroxyl groups excluding tert-OH is 1. The van der Waals surface area contributed by atoms with Crippen LogP contribution in [0, 0.1) is 0 Å². The smallest absolute Gasteiger partial charge is 0.0949 e. The molecule has 1 fully saturated rings. The highest BCUT2D eigenvalue weighted by Crippen LogP contribution is 2.40. The van der Waals surface area contributed by atoms with Gasteiger partial charge in [0, 0.05) is 40.3 Å². The van der Waals surface area contributed by atoms with Crippen molar-refractivity contribution in [2.45, 2.75) is 43.4 Å². The summed E-state index contributed by atoms with van der Waals surface area (Å²) in [7, 11) is 0. The van der Waals surface area contributed by atoms with Crippen LogP contribution in [-0.4, -0.2) is 36.9 Å². The molecular formula is C12H20N2OS2. The number of hydrogen-bond acceptors (Lipinski definition) is 4. The SMILES string of the molecule is CCC1SCCSC1C(O)c1cnn(CC)c1. The molecule has 1 N–H and O–H groups in total. The molecule has 0 bridgehead atoms. The van der Waals surface area contributed by atoms with Gasteiger partial charge in [-0.2, -0.15) is 28.6 Å². The molecule has 1 aromatic rings. The van der Waals surface area contributed by atoms with Crippen LogP contribution in [0.3, 0.4) is 0 Å². The molecule has 17 heavy (non-hydrogen) atoms. The number of nitrogens with zero attached hydrogens (tertiary/aromatic N) is 2. The van der Waals surface area contributed by atoms with Crippen LogP contribution >= 0.6 is 23.5 Å². The van der Waals surface area contributed by atoms with E-state index in [2.05, 4.69) is 18.9 Å². The first-order chi connectivity index (χ1) is 8.26. The van der Waals surface area contributed by atoms with Gasteiger partial charge >= 0.3 is 0 Å². The lowest BCUT2D eigenvalue weighted by Gasteiger charge is -2.32. The van der Waals surface area contributed by atoms with E-state index in [4.69, 9.17) is 0 Å². The van der Waals surface area contributed by atoms with Gasteiger partial charge in [0.1, 0.15) is 0 Å². The molecule has 0 spiro atoms. The zero-order chi connectivity index (χ0) is 12.3. The van der Waals surface area contributed by atoms with Gasteiger partial charge in [-0.3, -0.25) is 4.68 Å².